The second kappa shape index (κ2) is 4.32. The summed E-state index contributed by atoms with van der Waals surface area (Å²) < 4.78 is 5.04. The van der Waals surface area contributed by atoms with Crippen molar-refractivity contribution in [2.24, 2.45) is 5.73 Å². The lowest BCUT2D eigenvalue weighted by Crippen LogP contribution is -2.60. The van der Waals surface area contributed by atoms with Gasteiger partial charge in [-0.3, -0.25) is 0 Å². The van der Waals surface area contributed by atoms with Crippen LogP contribution in [0.25, 0.3) is 0 Å². The summed E-state index contributed by atoms with van der Waals surface area (Å²) in [6.07, 6.45) is -5.42. The van der Waals surface area contributed by atoms with Crippen LogP contribution in [-0.2, 0) is 4.74 Å². The minimum atomic E-state index is -1.32. The van der Waals surface area contributed by atoms with E-state index in [2.05, 4.69) is 0 Å². The molecule has 6 N–H and O–H groups in total. The third kappa shape index (κ3) is 1.98. The average molecular weight is 193 g/mol. The van der Waals surface area contributed by atoms with Crippen LogP contribution in [0.4, 0.5) is 0 Å². The maximum atomic E-state index is 9.32. The van der Waals surface area contributed by atoms with Gasteiger partial charge >= 0.3 is 0 Å². The quantitative estimate of drug-likeness (QED) is 0.315. The Kier molecular flexibility index (Phi) is 3.60. The number of rotatable bonds is 2. The molecule has 0 saturated carbocycles. The van der Waals surface area contributed by atoms with Crippen LogP contribution in [0, 0.1) is 0 Å². The molecule has 6 nitrogen and oxygen atoms in total. The summed E-state index contributed by atoms with van der Waals surface area (Å²) in [4.78, 5) is 0. The van der Waals surface area contributed by atoms with E-state index in [4.69, 9.17) is 15.6 Å². The van der Waals surface area contributed by atoms with Gasteiger partial charge in [-0.1, -0.05) is 0 Å². The Labute approximate surface area is 75.6 Å². The molecule has 0 aromatic rings. The third-order valence-electron chi connectivity index (χ3n) is 2.22. The van der Waals surface area contributed by atoms with Crippen LogP contribution in [0.2, 0.25) is 0 Å². The predicted molar refractivity (Wildman–Crippen MR) is 42.8 cm³/mol. The van der Waals surface area contributed by atoms with Gasteiger partial charge < -0.3 is 30.9 Å². The highest BCUT2D eigenvalue weighted by Crippen LogP contribution is 2.20. The summed E-state index contributed by atoms with van der Waals surface area (Å²) in [6, 6.07) is 0. The first-order chi connectivity index (χ1) is 6.11. The summed E-state index contributed by atoms with van der Waals surface area (Å²) in [7, 11) is 0. The van der Waals surface area contributed by atoms with Crippen molar-refractivity contribution in [3.63, 3.8) is 0 Å². The fraction of sp³-hybridized carbons (Fsp3) is 1.00. The van der Waals surface area contributed by atoms with Gasteiger partial charge in [0.05, 0.1) is 12.7 Å². The molecule has 6 heteroatoms. The Balaban J connectivity index is 2.66. The summed E-state index contributed by atoms with van der Waals surface area (Å²) in [5.74, 6) is 0. The minimum absolute atomic E-state index is 0.0292. The minimum Gasteiger partial charge on any atom is -0.394 e. The molecule has 0 aromatic heterocycles. The number of hydrogen-bond acceptors (Lipinski definition) is 6. The van der Waals surface area contributed by atoms with Gasteiger partial charge in [0.1, 0.15) is 24.4 Å². The van der Waals surface area contributed by atoms with Gasteiger partial charge in [-0.2, -0.15) is 0 Å². The molecule has 1 saturated heterocycles. The van der Waals surface area contributed by atoms with E-state index in [0.29, 0.717) is 0 Å². The van der Waals surface area contributed by atoms with Gasteiger partial charge in [0.25, 0.3) is 0 Å². The Morgan fingerprint density at radius 3 is 2.00 bits per heavy atom. The Morgan fingerprint density at radius 1 is 1.00 bits per heavy atom. The molecular weight excluding hydrogens is 178 g/mol. The maximum Gasteiger partial charge on any atom is 0.111 e. The fourth-order valence-corrected chi connectivity index (χ4v) is 1.37. The molecule has 1 fully saturated rings. The molecule has 78 valence electrons. The largest absolute Gasteiger partial charge is 0.394 e. The molecule has 1 heterocycles. The monoisotopic (exact) mass is 193 g/mol. The summed E-state index contributed by atoms with van der Waals surface area (Å²) in [5, 5.41) is 36.7. The zero-order valence-electron chi connectivity index (χ0n) is 7.08. The van der Waals surface area contributed by atoms with Gasteiger partial charge in [-0.15, -0.1) is 0 Å². The maximum absolute atomic E-state index is 9.32. The average Bonchev–Trinajstić information content (AvgIpc) is 2.15. The van der Waals surface area contributed by atoms with Crippen molar-refractivity contribution >= 4 is 0 Å². The molecule has 0 aliphatic carbocycles. The number of aliphatic hydroxyl groups is 4. The van der Waals surface area contributed by atoms with E-state index in [1.165, 1.54) is 0 Å². The SMILES string of the molecule is NC[C@@H]1O[C@H](CO)[C@@H](O)[C@@H](O)[C@H]1O. The number of hydrogen-bond donors (Lipinski definition) is 5. The van der Waals surface area contributed by atoms with Crippen LogP contribution >= 0.6 is 0 Å². The van der Waals surface area contributed by atoms with Gasteiger partial charge in [0.2, 0.25) is 0 Å². The summed E-state index contributed by atoms with van der Waals surface area (Å²) in [6.45, 7) is -0.386. The summed E-state index contributed by atoms with van der Waals surface area (Å²) >= 11 is 0. The molecule has 1 rings (SSSR count). The van der Waals surface area contributed by atoms with E-state index < -0.39 is 37.1 Å². The fourth-order valence-electron chi connectivity index (χ4n) is 1.37. The van der Waals surface area contributed by atoms with Crippen molar-refractivity contribution in [3.05, 3.63) is 0 Å². The van der Waals surface area contributed by atoms with Gasteiger partial charge in [0, 0.05) is 6.54 Å². The van der Waals surface area contributed by atoms with Gasteiger partial charge in [0.15, 0.2) is 0 Å². The van der Waals surface area contributed by atoms with E-state index in [-0.39, 0.29) is 6.54 Å². The van der Waals surface area contributed by atoms with Crippen molar-refractivity contribution in [1.82, 2.24) is 0 Å². The first-order valence-corrected chi connectivity index (χ1v) is 4.12. The first-order valence-electron chi connectivity index (χ1n) is 4.12. The topological polar surface area (TPSA) is 116 Å². The lowest BCUT2D eigenvalue weighted by Gasteiger charge is -2.39. The van der Waals surface area contributed by atoms with E-state index in [9.17, 15) is 15.3 Å². The number of nitrogens with two attached hydrogens (primary N) is 1. The van der Waals surface area contributed by atoms with Gasteiger partial charge in [-0.25, -0.2) is 0 Å². The van der Waals surface area contributed by atoms with Crippen LogP contribution < -0.4 is 5.73 Å². The third-order valence-corrected chi connectivity index (χ3v) is 2.22. The highest BCUT2D eigenvalue weighted by molar-refractivity contribution is 4.92. The van der Waals surface area contributed by atoms with Crippen LogP contribution in [0.5, 0.6) is 0 Å². The van der Waals surface area contributed by atoms with Crippen molar-refractivity contribution in [3.8, 4) is 0 Å². The number of aliphatic hydroxyl groups excluding tert-OH is 4. The van der Waals surface area contributed by atoms with E-state index >= 15 is 0 Å². The van der Waals surface area contributed by atoms with E-state index in [0.717, 1.165) is 0 Å². The zero-order chi connectivity index (χ0) is 10.0. The van der Waals surface area contributed by atoms with Crippen LogP contribution in [-0.4, -0.2) is 64.1 Å². The van der Waals surface area contributed by atoms with Crippen molar-refractivity contribution in [2.75, 3.05) is 13.2 Å². The van der Waals surface area contributed by atoms with Crippen molar-refractivity contribution in [2.45, 2.75) is 30.5 Å². The zero-order valence-corrected chi connectivity index (χ0v) is 7.08. The van der Waals surface area contributed by atoms with E-state index in [1.54, 1.807) is 0 Å². The Morgan fingerprint density at radius 2 is 1.54 bits per heavy atom. The van der Waals surface area contributed by atoms with Crippen LogP contribution in [0.1, 0.15) is 0 Å². The molecule has 1 aliphatic heterocycles. The molecule has 0 aromatic carbocycles. The molecule has 0 unspecified atom stereocenters. The molecule has 0 bridgehead atoms. The standard InChI is InChI=1S/C7H15NO5/c8-1-3-5(10)7(12)6(11)4(2-9)13-3/h3-7,9-12H,1-2,8H2/t3-,4+,5-,6+,7-/m0/s1. The smallest absolute Gasteiger partial charge is 0.111 e. The molecule has 0 amide bonds. The Bertz CT molecular complexity index is 147. The van der Waals surface area contributed by atoms with Crippen molar-refractivity contribution < 1.29 is 25.2 Å². The van der Waals surface area contributed by atoms with Crippen molar-refractivity contribution in [1.29, 1.82) is 0 Å². The highest BCUT2D eigenvalue weighted by atomic mass is 16.5. The lowest BCUT2D eigenvalue weighted by molar-refractivity contribution is -0.226. The highest BCUT2D eigenvalue weighted by Gasteiger charge is 2.42. The van der Waals surface area contributed by atoms with Gasteiger partial charge in [-0.05, 0) is 0 Å². The molecular formula is C7H15NO5. The molecule has 0 spiro atoms. The predicted octanol–water partition coefficient (Wildman–Crippen LogP) is -3.21. The van der Waals surface area contributed by atoms with Crippen LogP contribution in [0.15, 0.2) is 0 Å². The second-order valence-corrected chi connectivity index (χ2v) is 3.10. The number of ether oxygens (including phenoxy) is 1. The Hall–Kier alpha value is -0.240. The second-order valence-electron chi connectivity index (χ2n) is 3.10. The van der Waals surface area contributed by atoms with Crippen LogP contribution in [0.3, 0.4) is 0 Å². The molecule has 5 atom stereocenters. The summed E-state index contributed by atoms with van der Waals surface area (Å²) in [5.41, 5.74) is 5.26. The molecule has 1 aliphatic rings. The normalized spacial score (nSPS) is 46.4. The molecule has 13 heavy (non-hydrogen) atoms. The molecule has 0 radical (unpaired) electrons. The first kappa shape index (κ1) is 10.8. The lowest BCUT2D eigenvalue weighted by atomic mass is 9.95. The van der Waals surface area contributed by atoms with E-state index in [1.807, 2.05) is 0 Å².